The van der Waals surface area contributed by atoms with Crippen molar-refractivity contribution >= 4 is 15.9 Å². The fourth-order valence-electron chi connectivity index (χ4n) is 3.60. The summed E-state index contributed by atoms with van der Waals surface area (Å²) in [6.07, 6.45) is 5.55. The maximum absolute atomic E-state index is 12.3. The van der Waals surface area contributed by atoms with Crippen molar-refractivity contribution in [1.29, 1.82) is 0 Å². The zero-order valence-electron chi connectivity index (χ0n) is 14.3. The fourth-order valence-corrected chi connectivity index (χ4v) is 4.94. The average Bonchev–Trinajstić information content (AvgIpc) is 2.49. The summed E-state index contributed by atoms with van der Waals surface area (Å²) in [5.74, 6) is 0.383. The van der Waals surface area contributed by atoms with Gasteiger partial charge in [0.25, 0.3) is 0 Å². The number of piperidine rings is 1. The molecule has 134 valence electrons. The first-order chi connectivity index (χ1) is 10.8. The van der Waals surface area contributed by atoms with Gasteiger partial charge in [-0.25, -0.2) is 13.1 Å². The molecule has 3 N–H and O–H groups in total. The van der Waals surface area contributed by atoms with Crippen LogP contribution in [0.2, 0.25) is 0 Å². The third-order valence-corrected chi connectivity index (χ3v) is 6.63. The monoisotopic (exact) mass is 345 g/mol. The number of nitrogens with one attached hydrogen (secondary N) is 1. The van der Waals surface area contributed by atoms with Crippen LogP contribution < -0.4 is 10.5 Å². The lowest BCUT2D eigenvalue weighted by molar-refractivity contribution is -0.129. The van der Waals surface area contributed by atoms with Crippen LogP contribution in [0.3, 0.4) is 0 Å². The maximum Gasteiger partial charge on any atom is 0.239 e. The van der Waals surface area contributed by atoms with E-state index in [1.54, 1.807) is 4.90 Å². The molecule has 0 aromatic heterocycles. The number of hydrogen-bond donors (Lipinski definition) is 2. The normalized spacial score (nSPS) is 28.6. The number of nitrogens with zero attached hydrogens (tertiary/aromatic N) is 1. The first-order valence-corrected chi connectivity index (χ1v) is 10.5. The third-order valence-electron chi connectivity index (χ3n) is 5.31. The summed E-state index contributed by atoms with van der Waals surface area (Å²) in [5.41, 5.74) is 5.89. The van der Waals surface area contributed by atoms with Gasteiger partial charge in [-0.05, 0) is 57.3 Å². The Bertz CT molecular complexity index is 491. The van der Waals surface area contributed by atoms with Crippen LogP contribution in [0.5, 0.6) is 0 Å². The van der Waals surface area contributed by atoms with Crippen LogP contribution in [0.1, 0.15) is 52.4 Å². The van der Waals surface area contributed by atoms with Crippen molar-refractivity contribution in [3.05, 3.63) is 0 Å². The van der Waals surface area contributed by atoms with Gasteiger partial charge in [-0.3, -0.25) is 4.79 Å². The van der Waals surface area contributed by atoms with Gasteiger partial charge in [-0.2, -0.15) is 0 Å². The molecule has 1 aliphatic heterocycles. The number of likely N-dealkylation sites (tertiary alicyclic amines) is 1. The van der Waals surface area contributed by atoms with Gasteiger partial charge in [-0.1, -0.05) is 6.92 Å². The minimum atomic E-state index is -3.54. The lowest BCUT2D eigenvalue weighted by Crippen LogP contribution is -2.47. The number of rotatable bonds is 5. The van der Waals surface area contributed by atoms with Gasteiger partial charge in [0.15, 0.2) is 0 Å². The molecule has 0 spiro atoms. The van der Waals surface area contributed by atoms with Crippen molar-refractivity contribution in [2.45, 2.75) is 64.5 Å². The first-order valence-electron chi connectivity index (χ1n) is 8.80. The van der Waals surface area contributed by atoms with E-state index in [9.17, 15) is 13.2 Å². The molecule has 0 aromatic carbocycles. The molecule has 2 aliphatic rings. The SMILES string of the molecule is CC1CCC(NS(=O)(=O)CC(=O)N2CCC(C(C)N)CC2)CC1. The average molecular weight is 346 g/mol. The standard InChI is InChI=1S/C16H31N3O3S/c1-12-3-5-15(6-4-12)18-23(21,22)11-16(20)19-9-7-14(8-10-19)13(2)17/h12-15,18H,3-11,17H2,1-2H3. The molecule has 2 rings (SSSR count). The van der Waals surface area contributed by atoms with Crippen LogP contribution in [0.4, 0.5) is 0 Å². The second-order valence-corrected chi connectivity index (χ2v) is 9.16. The number of sulfonamides is 1. The van der Waals surface area contributed by atoms with E-state index in [1.807, 2.05) is 6.92 Å². The molecule has 0 aromatic rings. The largest absolute Gasteiger partial charge is 0.342 e. The van der Waals surface area contributed by atoms with Crippen LogP contribution in [-0.2, 0) is 14.8 Å². The van der Waals surface area contributed by atoms with E-state index in [0.717, 1.165) is 38.5 Å². The maximum atomic E-state index is 12.3. The molecule has 1 saturated carbocycles. The number of carbonyl (C=O) groups excluding carboxylic acids is 1. The molecule has 0 bridgehead atoms. The van der Waals surface area contributed by atoms with Gasteiger partial charge < -0.3 is 10.6 Å². The molecule has 23 heavy (non-hydrogen) atoms. The van der Waals surface area contributed by atoms with Crippen LogP contribution in [0, 0.1) is 11.8 Å². The fraction of sp³-hybridized carbons (Fsp3) is 0.938. The number of amides is 1. The Labute approximate surface area is 140 Å². The van der Waals surface area contributed by atoms with E-state index in [2.05, 4.69) is 11.6 Å². The van der Waals surface area contributed by atoms with E-state index in [4.69, 9.17) is 5.73 Å². The highest BCUT2D eigenvalue weighted by Crippen LogP contribution is 2.24. The Hall–Kier alpha value is -0.660. The second kappa shape index (κ2) is 7.94. The Morgan fingerprint density at radius 2 is 1.74 bits per heavy atom. The molecule has 1 atom stereocenters. The highest BCUT2D eigenvalue weighted by molar-refractivity contribution is 7.90. The number of nitrogens with two attached hydrogens (primary N) is 1. The molecule has 1 saturated heterocycles. The zero-order valence-corrected chi connectivity index (χ0v) is 15.1. The topological polar surface area (TPSA) is 92.5 Å². The zero-order chi connectivity index (χ0) is 17.0. The van der Waals surface area contributed by atoms with Crippen molar-refractivity contribution in [3.63, 3.8) is 0 Å². The van der Waals surface area contributed by atoms with Crippen LogP contribution in [-0.4, -0.2) is 50.2 Å². The molecule has 1 heterocycles. The van der Waals surface area contributed by atoms with Crippen molar-refractivity contribution in [2.24, 2.45) is 17.6 Å². The van der Waals surface area contributed by atoms with E-state index in [-0.39, 0.29) is 18.0 Å². The summed E-state index contributed by atoms with van der Waals surface area (Å²) >= 11 is 0. The molecular formula is C16H31N3O3S. The lowest BCUT2D eigenvalue weighted by atomic mass is 9.88. The Balaban J connectivity index is 1.80. The van der Waals surface area contributed by atoms with Gasteiger partial charge in [0.2, 0.25) is 15.9 Å². The van der Waals surface area contributed by atoms with Gasteiger partial charge in [0, 0.05) is 25.2 Å². The van der Waals surface area contributed by atoms with Gasteiger partial charge in [0.05, 0.1) is 0 Å². The van der Waals surface area contributed by atoms with Crippen LogP contribution in [0.15, 0.2) is 0 Å². The molecule has 6 nitrogen and oxygen atoms in total. The number of carbonyl (C=O) groups is 1. The third kappa shape index (κ3) is 5.72. The Morgan fingerprint density at radius 1 is 1.17 bits per heavy atom. The minimum Gasteiger partial charge on any atom is -0.342 e. The van der Waals surface area contributed by atoms with Crippen molar-refractivity contribution in [2.75, 3.05) is 18.8 Å². The van der Waals surface area contributed by atoms with Crippen molar-refractivity contribution in [1.82, 2.24) is 9.62 Å². The summed E-state index contributed by atoms with van der Waals surface area (Å²) in [7, 11) is -3.54. The number of hydrogen-bond acceptors (Lipinski definition) is 4. The summed E-state index contributed by atoms with van der Waals surface area (Å²) in [6.45, 7) is 5.41. The lowest BCUT2D eigenvalue weighted by Gasteiger charge is -2.34. The molecule has 1 aliphatic carbocycles. The Kier molecular flexibility index (Phi) is 6.45. The highest BCUT2D eigenvalue weighted by Gasteiger charge is 2.29. The molecule has 1 unspecified atom stereocenters. The van der Waals surface area contributed by atoms with Gasteiger partial charge in [-0.15, -0.1) is 0 Å². The van der Waals surface area contributed by atoms with E-state index < -0.39 is 15.8 Å². The Morgan fingerprint density at radius 3 is 2.26 bits per heavy atom. The van der Waals surface area contributed by atoms with Crippen molar-refractivity contribution in [3.8, 4) is 0 Å². The van der Waals surface area contributed by atoms with Crippen LogP contribution in [0.25, 0.3) is 0 Å². The smallest absolute Gasteiger partial charge is 0.239 e. The van der Waals surface area contributed by atoms with Gasteiger partial charge in [0.1, 0.15) is 5.75 Å². The van der Waals surface area contributed by atoms with E-state index in [0.29, 0.717) is 24.9 Å². The summed E-state index contributed by atoms with van der Waals surface area (Å²) in [4.78, 5) is 13.9. The summed E-state index contributed by atoms with van der Waals surface area (Å²) < 4.78 is 27.2. The first kappa shape index (κ1) is 18.7. The minimum absolute atomic E-state index is 0.00664. The molecular weight excluding hydrogens is 314 g/mol. The highest BCUT2D eigenvalue weighted by atomic mass is 32.2. The van der Waals surface area contributed by atoms with E-state index in [1.165, 1.54) is 0 Å². The summed E-state index contributed by atoms with van der Waals surface area (Å²) in [6, 6.07) is 0.124. The predicted octanol–water partition coefficient (Wildman–Crippen LogP) is 1.07. The second-order valence-electron chi connectivity index (χ2n) is 7.41. The molecule has 1 amide bonds. The molecule has 7 heteroatoms. The molecule has 2 fully saturated rings. The van der Waals surface area contributed by atoms with Gasteiger partial charge >= 0.3 is 0 Å². The van der Waals surface area contributed by atoms with Crippen molar-refractivity contribution < 1.29 is 13.2 Å². The van der Waals surface area contributed by atoms with E-state index >= 15 is 0 Å². The molecule has 0 radical (unpaired) electrons. The quantitative estimate of drug-likeness (QED) is 0.779. The summed E-state index contributed by atoms with van der Waals surface area (Å²) in [5, 5.41) is 0. The van der Waals surface area contributed by atoms with Crippen LogP contribution >= 0.6 is 0 Å². The predicted molar refractivity (Wildman–Crippen MR) is 91.3 cm³/mol.